The predicted octanol–water partition coefficient (Wildman–Crippen LogP) is 3.49. The normalized spacial score (nSPS) is 11.4. The van der Waals surface area contributed by atoms with Gasteiger partial charge >= 0.3 is 0 Å². The van der Waals surface area contributed by atoms with Crippen LogP contribution in [0.3, 0.4) is 0 Å². The summed E-state index contributed by atoms with van der Waals surface area (Å²) in [6.07, 6.45) is 6.49. The van der Waals surface area contributed by atoms with Crippen LogP contribution in [0, 0.1) is 0 Å². The first-order chi connectivity index (χ1) is 13.2. The lowest BCUT2D eigenvalue weighted by molar-refractivity contribution is 0.783. The van der Waals surface area contributed by atoms with Gasteiger partial charge in [-0.25, -0.2) is 4.98 Å². The Hall–Kier alpha value is -2.79. The first kappa shape index (κ1) is 19.0. The van der Waals surface area contributed by atoms with Gasteiger partial charge in [0.25, 0.3) is 0 Å². The molecule has 0 unspecified atom stereocenters. The summed E-state index contributed by atoms with van der Waals surface area (Å²) in [5, 5.41) is 7.47. The van der Waals surface area contributed by atoms with Gasteiger partial charge in [-0.3, -0.25) is 4.99 Å². The molecule has 1 aromatic heterocycles. The summed E-state index contributed by atoms with van der Waals surface area (Å²) < 4.78 is 2.06. The van der Waals surface area contributed by atoms with Gasteiger partial charge in [0.05, 0.1) is 6.33 Å². The van der Waals surface area contributed by atoms with Gasteiger partial charge in [0, 0.05) is 44.1 Å². The molecule has 3 aromatic rings. The maximum atomic E-state index is 6.03. The van der Waals surface area contributed by atoms with E-state index in [-0.39, 0.29) is 0 Å². The van der Waals surface area contributed by atoms with Crippen molar-refractivity contribution in [3.8, 4) is 0 Å². The van der Waals surface area contributed by atoms with E-state index in [1.165, 1.54) is 16.7 Å². The molecule has 0 radical (unpaired) electrons. The fourth-order valence-corrected chi connectivity index (χ4v) is 3.07. The third-order valence-corrected chi connectivity index (χ3v) is 4.43. The molecule has 2 aromatic carbocycles. The van der Waals surface area contributed by atoms with Crippen molar-refractivity contribution in [1.29, 1.82) is 0 Å². The van der Waals surface area contributed by atoms with Gasteiger partial charge in [0.1, 0.15) is 0 Å². The highest BCUT2D eigenvalue weighted by Gasteiger charge is 2.01. The molecule has 0 saturated carbocycles. The van der Waals surface area contributed by atoms with Crippen molar-refractivity contribution in [3.05, 3.63) is 89.0 Å². The Morgan fingerprint density at radius 3 is 2.67 bits per heavy atom. The number of aromatic nitrogens is 2. The van der Waals surface area contributed by atoms with Crippen molar-refractivity contribution < 1.29 is 0 Å². The second kappa shape index (κ2) is 9.78. The van der Waals surface area contributed by atoms with Gasteiger partial charge < -0.3 is 15.2 Å². The standard InChI is InChI=1S/C21H24ClN5/c1-23-21(25-9-8-17-4-3-7-20(22)13-17)26-14-18-5-2-6-19(12-18)15-27-11-10-24-16-27/h2-7,10-13,16H,8-9,14-15H2,1H3,(H2,23,25,26). The fourth-order valence-electron chi connectivity index (χ4n) is 2.85. The number of rotatable bonds is 7. The molecule has 6 heteroatoms. The van der Waals surface area contributed by atoms with Crippen LogP contribution in [0.1, 0.15) is 16.7 Å². The zero-order valence-corrected chi connectivity index (χ0v) is 16.2. The molecule has 0 bridgehead atoms. The molecule has 0 amide bonds. The summed E-state index contributed by atoms with van der Waals surface area (Å²) in [6.45, 7) is 2.33. The predicted molar refractivity (Wildman–Crippen MR) is 111 cm³/mol. The average Bonchev–Trinajstić information content (AvgIpc) is 3.18. The number of aliphatic imine (C=N–C) groups is 1. The quantitative estimate of drug-likeness (QED) is 0.486. The Kier molecular flexibility index (Phi) is 6.88. The summed E-state index contributed by atoms with van der Waals surface area (Å²) in [5.41, 5.74) is 3.67. The van der Waals surface area contributed by atoms with Crippen molar-refractivity contribution in [1.82, 2.24) is 20.2 Å². The van der Waals surface area contributed by atoms with Crippen molar-refractivity contribution in [2.45, 2.75) is 19.5 Å². The highest BCUT2D eigenvalue weighted by molar-refractivity contribution is 6.30. The summed E-state index contributed by atoms with van der Waals surface area (Å²) in [7, 11) is 1.78. The lowest BCUT2D eigenvalue weighted by Crippen LogP contribution is -2.37. The van der Waals surface area contributed by atoms with Crippen LogP contribution in [0.5, 0.6) is 0 Å². The average molecular weight is 382 g/mol. The van der Waals surface area contributed by atoms with E-state index < -0.39 is 0 Å². The van der Waals surface area contributed by atoms with Crippen LogP contribution < -0.4 is 10.6 Å². The molecular formula is C21H24ClN5. The van der Waals surface area contributed by atoms with Crippen LogP contribution in [0.2, 0.25) is 5.02 Å². The zero-order valence-electron chi connectivity index (χ0n) is 15.4. The Morgan fingerprint density at radius 2 is 1.89 bits per heavy atom. The summed E-state index contributed by atoms with van der Waals surface area (Å²) in [6, 6.07) is 16.5. The Balaban J connectivity index is 1.47. The Labute approximate surface area is 165 Å². The molecule has 0 spiro atoms. The number of benzene rings is 2. The van der Waals surface area contributed by atoms with Gasteiger partial charge in [-0.05, 0) is 35.2 Å². The largest absolute Gasteiger partial charge is 0.356 e. The lowest BCUT2D eigenvalue weighted by atomic mass is 10.1. The van der Waals surface area contributed by atoms with Crippen molar-refractivity contribution in [2.24, 2.45) is 4.99 Å². The van der Waals surface area contributed by atoms with Gasteiger partial charge in [-0.15, -0.1) is 0 Å². The molecule has 0 aliphatic rings. The van der Waals surface area contributed by atoms with E-state index in [1.807, 2.05) is 30.7 Å². The molecule has 0 fully saturated rings. The molecule has 0 aliphatic carbocycles. The minimum absolute atomic E-state index is 0.717. The number of hydrogen-bond acceptors (Lipinski definition) is 2. The number of hydrogen-bond donors (Lipinski definition) is 2. The van der Waals surface area contributed by atoms with E-state index >= 15 is 0 Å². The van der Waals surface area contributed by atoms with Gasteiger partial charge in [-0.1, -0.05) is 48.0 Å². The minimum Gasteiger partial charge on any atom is -0.356 e. The molecule has 3 rings (SSSR count). The molecule has 0 saturated heterocycles. The topological polar surface area (TPSA) is 54.2 Å². The highest BCUT2D eigenvalue weighted by atomic mass is 35.5. The first-order valence-corrected chi connectivity index (χ1v) is 9.33. The van der Waals surface area contributed by atoms with E-state index in [1.54, 1.807) is 13.2 Å². The van der Waals surface area contributed by atoms with Crippen LogP contribution in [0.25, 0.3) is 0 Å². The summed E-state index contributed by atoms with van der Waals surface area (Å²) in [5.74, 6) is 0.789. The highest BCUT2D eigenvalue weighted by Crippen LogP contribution is 2.10. The van der Waals surface area contributed by atoms with E-state index in [4.69, 9.17) is 11.6 Å². The van der Waals surface area contributed by atoms with Crippen LogP contribution in [-0.2, 0) is 19.5 Å². The van der Waals surface area contributed by atoms with Gasteiger partial charge in [0.2, 0.25) is 0 Å². The second-order valence-corrected chi connectivity index (χ2v) is 6.72. The number of halogens is 1. The monoisotopic (exact) mass is 381 g/mol. The molecule has 0 atom stereocenters. The molecule has 2 N–H and O–H groups in total. The second-order valence-electron chi connectivity index (χ2n) is 6.29. The van der Waals surface area contributed by atoms with Crippen LogP contribution >= 0.6 is 11.6 Å². The molecule has 0 aliphatic heterocycles. The number of imidazole rings is 1. The lowest BCUT2D eigenvalue weighted by Gasteiger charge is -2.13. The number of nitrogens with zero attached hydrogens (tertiary/aromatic N) is 3. The Morgan fingerprint density at radius 1 is 1.07 bits per heavy atom. The molecule has 27 heavy (non-hydrogen) atoms. The van der Waals surface area contributed by atoms with Crippen LogP contribution in [0.15, 0.2) is 72.2 Å². The Bertz CT molecular complexity index is 874. The SMILES string of the molecule is CN=C(NCCc1cccc(Cl)c1)NCc1cccc(Cn2ccnc2)c1. The summed E-state index contributed by atoms with van der Waals surface area (Å²) >= 11 is 6.03. The van der Waals surface area contributed by atoms with Crippen molar-refractivity contribution >= 4 is 17.6 Å². The number of guanidine groups is 1. The number of nitrogens with one attached hydrogen (secondary N) is 2. The maximum Gasteiger partial charge on any atom is 0.191 e. The van der Waals surface area contributed by atoms with Gasteiger partial charge in [-0.2, -0.15) is 0 Å². The minimum atomic E-state index is 0.717. The van der Waals surface area contributed by atoms with Crippen molar-refractivity contribution in [2.75, 3.05) is 13.6 Å². The smallest absolute Gasteiger partial charge is 0.191 e. The molecule has 5 nitrogen and oxygen atoms in total. The third kappa shape index (κ3) is 6.15. The van der Waals surface area contributed by atoms with Crippen molar-refractivity contribution in [3.63, 3.8) is 0 Å². The zero-order chi connectivity index (χ0) is 18.9. The maximum absolute atomic E-state index is 6.03. The first-order valence-electron chi connectivity index (χ1n) is 8.95. The fraction of sp³-hybridized carbons (Fsp3) is 0.238. The van der Waals surface area contributed by atoms with Gasteiger partial charge in [0.15, 0.2) is 5.96 Å². The van der Waals surface area contributed by atoms with E-state index in [2.05, 4.69) is 55.5 Å². The van der Waals surface area contributed by atoms with E-state index in [9.17, 15) is 0 Å². The third-order valence-electron chi connectivity index (χ3n) is 4.19. The van der Waals surface area contributed by atoms with E-state index in [0.29, 0.717) is 6.54 Å². The van der Waals surface area contributed by atoms with Crippen LogP contribution in [0.4, 0.5) is 0 Å². The molecule has 140 valence electrons. The molecule has 1 heterocycles. The summed E-state index contributed by atoms with van der Waals surface area (Å²) in [4.78, 5) is 8.38. The van der Waals surface area contributed by atoms with E-state index in [0.717, 1.165) is 30.5 Å². The molecular weight excluding hydrogens is 358 g/mol. The van der Waals surface area contributed by atoms with Crippen LogP contribution in [-0.4, -0.2) is 29.1 Å².